The number of nitrogens with one attached hydrogen (secondary N) is 1. The van der Waals surface area contributed by atoms with Crippen molar-refractivity contribution in [1.82, 2.24) is 5.32 Å². The van der Waals surface area contributed by atoms with Crippen molar-refractivity contribution in [2.24, 2.45) is 5.92 Å². The summed E-state index contributed by atoms with van der Waals surface area (Å²) in [6, 6.07) is 9.20. The lowest BCUT2D eigenvalue weighted by molar-refractivity contribution is 0.527. The van der Waals surface area contributed by atoms with Gasteiger partial charge in [-0.2, -0.15) is 0 Å². The average molecular weight is 264 g/mol. The Hall–Kier alpha value is -0.603. The Kier molecular flexibility index (Phi) is 6.10. The molecule has 18 heavy (non-hydrogen) atoms. The molecule has 0 aromatic heterocycles. The fraction of sp³-hybridized carbons (Fsp3) is 0.625. The van der Waals surface area contributed by atoms with Crippen molar-refractivity contribution in [2.45, 2.75) is 52.9 Å². The quantitative estimate of drug-likeness (QED) is 0.583. The molecule has 0 spiro atoms. The molecule has 0 unspecified atom stereocenters. The van der Waals surface area contributed by atoms with E-state index in [2.05, 4.69) is 63.1 Å². The van der Waals surface area contributed by atoms with Gasteiger partial charge in [-0.1, -0.05) is 62.9 Å². The Labute approximate surface area is 114 Å². The lowest BCUT2D eigenvalue weighted by atomic mass is 10.1. The summed E-state index contributed by atoms with van der Waals surface area (Å²) >= 11 is 0. The molecule has 0 bridgehead atoms. The van der Waals surface area contributed by atoms with E-state index in [0.29, 0.717) is 0 Å². The minimum absolute atomic E-state index is 0.822. The van der Waals surface area contributed by atoms with Gasteiger partial charge in [0.05, 0.1) is 8.07 Å². The zero-order chi connectivity index (χ0) is 13.6. The molecule has 1 N–H and O–H groups in total. The SMILES string of the molecule is CC(C)CCCNCc1ccc([Si](C)(C)C)cc1. The summed E-state index contributed by atoms with van der Waals surface area (Å²) in [6.45, 7) is 13.9. The largest absolute Gasteiger partial charge is 0.313 e. The zero-order valence-corrected chi connectivity index (χ0v) is 13.7. The number of benzene rings is 1. The lowest BCUT2D eigenvalue weighted by Gasteiger charge is -2.16. The van der Waals surface area contributed by atoms with Gasteiger partial charge in [0.15, 0.2) is 0 Å². The Morgan fingerprint density at radius 3 is 2.17 bits per heavy atom. The van der Waals surface area contributed by atoms with Crippen molar-refractivity contribution >= 4 is 13.3 Å². The second kappa shape index (κ2) is 7.10. The first-order chi connectivity index (χ1) is 8.39. The maximum absolute atomic E-state index is 3.53. The van der Waals surface area contributed by atoms with Crippen LogP contribution in [0.3, 0.4) is 0 Å². The molecule has 0 heterocycles. The molecule has 1 aromatic carbocycles. The summed E-state index contributed by atoms with van der Waals surface area (Å²) in [7, 11) is -1.13. The summed E-state index contributed by atoms with van der Waals surface area (Å²) in [5.74, 6) is 0.822. The third-order valence-corrected chi connectivity index (χ3v) is 5.35. The van der Waals surface area contributed by atoms with Crippen LogP contribution in [0.15, 0.2) is 24.3 Å². The number of hydrogen-bond donors (Lipinski definition) is 1. The van der Waals surface area contributed by atoms with Gasteiger partial charge in [0, 0.05) is 6.54 Å². The first kappa shape index (κ1) is 15.5. The van der Waals surface area contributed by atoms with Crippen LogP contribution in [0, 0.1) is 5.92 Å². The molecule has 0 aliphatic carbocycles. The second-order valence-corrected chi connectivity index (χ2v) is 11.7. The predicted molar refractivity (Wildman–Crippen MR) is 85.2 cm³/mol. The van der Waals surface area contributed by atoms with Crippen molar-refractivity contribution in [2.75, 3.05) is 6.54 Å². The standard InChI is InChI=1S/C16H29NSi/c1-14(2)7-6-12-17-13-15-8-10-16(11-9-15)18(3,4)5/h8-11,14,17H,6-7,12-13H2,1-5H3. The maximum atomic E-state index is 3.53. The van der Waals surface area contributed by atoms with Crippen LogP contribution in [0.4, 0.5) is 0 Å². The third kappa shape index (κ3) is 5.83. The van der Waals surface area contributed by atoms with Crippen LogP contribution >= 0.6 is 0 Å². The molecule has 1 aromatic rings. The van der Waals surface area contributed by atoms with Gasteiger partial charge in [-0.3, -0.25) is 0 Å². The molecule has 0 atom stereocenters. The average Bonchev–Trinajstić information content (AvgIpc) is 2.27. The molecular weight excluding hydrogens is 234 g/mol. The summed E-state index contributed by atoms with van der Waals surface area (Å²) < 4.78 is 0. The summed E-state index contributed by atoms with van der Waals surface area (Å²) in [4.78, 5) is 0. The molecule has 0 saturated carbocycles. The smallest absolute Gasteiger partial charge is 0.0775 e. The topological polar surface area (TPSA) is 12.0 Å². The van der Waals surface area contributed by atoms with E-state index in [4.69, 9.17) is 0 Å². The minimum Gasteiger partial charge on any atom is -0.313 e. The molecule has 0 fully saturated rings. The number of hydrogen-bond acceptors (Lipinski definition) is 1. The molecule has 0 saturated heterocycles. The van der Waals surface area contributed by atoms with Crippen LogP contribution < -0.4 is 10.5 Å². The van der Waals surface area contributed by atoms with Crippen LogP contribution in [-0.4, -0.2) is 14.6 Å². The van der Waals surface area contributed by atoms with Crippen molar-refractivity contribution in [1.29, 1.82) is 0 Å². The van der Waals surface area contributed by atoms with Crippen molar-refractivity contribution < 1.29 is 0 Å². The highest BCUT2D eigenvalue weighted by Crippen LogP contribution is 2.05. The Morgan fingerprint density at radius 2 is 1.67 bits per heavy atom. The highest BCUT2D eigenvalue weighted by atomic mass is 28.3. The van der Waals surface area contributed by atoms with Crippen LogP contribution in [0.5, 0.6) is 0 Å². The molecule has 1 nitrogen and oxygen atoms in total. The minimum atomic E-state index is -1.13. The Morgan fingerprint density at radius 1 is 1.06 bits per heavy atom. The van der Waals surface area contributed by atoms with Crippen LogP contribution in [-0.2, 0) is 6.54 Å². The Balaban J connectivity index is 2.31. The van der Waals surface area contributed by atoms with Gasteiger partial charge >= 0.3 is 0 Å². The molecule has 0 radical (unpaired) electrons. The second-order valence-electron chi connectivity index (χ2n) is 6.66. The third-order valence-electron chi connectivity index (χ3n) is 3.28. The fourth-order valence-electron chi connectivity index (χ4n) is 1.99. The first-order valence-corrected chi connectivity index (χ1v) is 10.7. The molecule has 102 valence electrons. The molecule has 0 amide bonds. The first-order valence-electron chi connectivity index (χ1n) is 7.19. The highest BCUT2D eigenvalue weighted by Gasteiger charge is 2.15. The van der Waals surface area contributed by atoms with Crippen molar-refractivity contribution in [3.05, 3.63) is 29.8 Å². The van der Waals surface area contributed by atoms with E-state index in [0.717, 1.165) is 19.0 Å². The molecule has 0 aliphatic heterocycles. The molecular formula is C16H29NSi. The van der Waals surface area contributed by atoms with Crippen molar-refractivity contribution in [3.63, 3.8) is 0 Å². The lowest BCUT2D eigenvalue weighted by Crippen LogP contribution is -2.37. The number of rotatable bonds is 7. The van der Waals surface area contributed by atoms with E-state index in [-0.39, 0.29) is 0 Å². The Bertz CT molecular complexity index is 335. The zero-order valence-electron chi connectivity index (χ0n) is 12.7. The summed E-state index contributed by atoms with van der Waals surface area (Å²) in [5.41, 5.74) is 1.40. The van der Waals surface area contributed by atoms with Gasteiger partial charge < -0.3 is 5.32 Å². The van der Waals surface area contributed by atoms with Gasteiger partial charge in [-0.05, 0) is 30.9 Å². The fourth-order valence-corrected chi connectivity index (χ4v) is 3.16. The summed E-state index contributed by atoms with van der Waals surface area (Å²) in [6.07, 6.45) is 2.60. The highest BCUT2D eigenvalue weighted by molar-refractivity contribution is 6.88. The van der Waals surface area contributed by atoms with E-state index >= 15 is 0 Å². The van der Waals surface area contributed by atoms with E-state index in [1.54, 1.807) is 5.19 Å². The maximum Gasteiger partial charge on any atom is 0.0775 e. The van der Waals surface area contributed by atoms with Crippen LogP contribution in [0.25, 0.3) is 0 Å². The van der Waals surface area contributed by atoms with E-state index in [9.17, 15) is 0 Å². The van der Waals surface area contributed by atoms with E-state index in [1.807, 2.05) is 0 Å². The van der Waals surface area contributed by atoms with Gasteiger partial charge in [-0.15, -0.1) is 0 Å². The van der Waals surface area contributed by atoms with Gasteiger partial charge in [-0.25, -0.2) is 0 Å². The monoisotopic (exact) mass is 263 g/mol. The molecule has 1 rings (SSSR count). The normalized spacial score (nSPS) is 12.1. The van der Waals surface area contributed by atoms with E-state index < -0.39 is 8.07 Å². The van der Waals surface area contributed by atoms with E-state index in [1.165, 1.54) is 18.4 Å². The van der Waals surface area contributed by atoms with Crippen molar-refractivity contribution in [3.8, 4) is 0 Å². The van der Waals surface area contributed by atoms with Gasteiger partial charge in [0.1, 0.15) is 0 Å². The molecule has 2 heteroatoms. The van der Waals surface area contributed by atoms with Crippen LogP contribution in [0.2, 0.25) is 19.6 Å². The van der Waals surface area contributed by atoms with Gasteiger partial charge in [0.25, 0.3) is 0 Å². The predicted octanol–water partition coefficient (Wildman–Crippen LogP) is 3.76. The van der Waals surface area contributed by atoms with Crippen LogP contribution in [0.1, 0.15) is 32.3 Å². The van der Waals surface area contributed by atoms with Gasteiger partial charge in [0.2, 0.25) is 0 Å². The molecule has 0 aliphatic rings. The summed E-state index contributed by atoms with van der Waals surface area (Å²) in [5, 5.41) is 5.07.